The maximum absolute atomic E-state index is 10.5. The van der Waals surface area contributed by atoms with Crippen molar-refractivity contribution < 1.29 is 9.84 Å². The molecule has 3 heteroatoms. The smallest absolute Gasteiger partial charge is 0.0751 e. The van der Waals surface area contributed by atoms with E-state index in [9.17, 15) is 5.11 Å². The van der Waals surface area contributed by atoms with Crippen LogP contribution in [-0.2, 0) is 4.74 Å². The lowest BCUT2D eigenvalue weighted by Gasteiger charge is -2.09. The van der Waals surface area contributed by atoms with Gasteiger partial charge in [0.15, 0.2) is 0 Å². The summed E-state index contributed by atoms with van der Waals surface area (Å²) >= 11 is 0. The standard InChI is InChI=1S/C5H11O2P/c1-4(3-8)5(6)7-2/h6H,3,8H2,1-2H3/b5-4-. The largest absolute Gasteiger partial charge is 0.616 e. The van der Waals surface area contributed by atoms with E-state index in [0.29, 0.717) is 0 Å². The quantitative estimate of drug-likeness (QED) is 0.388. The summed E-state index contributed by atoms with van der Waals surface area (Å²) in [5, 5.41) is 10.5. The lowest BCUT2D eigenvalue weighted by Crippen LogP contribution is -2.08. The van der Waals surface area contributed by atoms with E-state index in [-0.39, 0.29) is 5.95 Å². The summed E-state index contributed by atoms with van der Waals surface area (Å²) in [4.78, 5) is 0. The van der Waals surface area contributed by atoms with Crippen molar-refractivity contribution in [3.63, 3.8) is 0 Å². The molecule has 0 aliphatic heterocycles. The highest BCUT2D eigenvalue weighted by Crippen LogP contribution is 2.00. The highest BCUT2D eigenvalue weighted by Gasteiger charge is 1.87. The lowest BCUT2D eigenvalue weighted by atomic mass is 10.4. The highest BCUT2D eigenvalue weighted by atomic mass is 31.0. The van der Waals surface area contributed by atoms with Gasteiger partial charge in [0.25, 0.3) is 0 Å². The van der Waals surface area contributed by atoms with Crippen LogP contribution in [0, 0.1) is 0 Å². The first-order valence-electron chi connectivity index (χ1n) is 2.42. The molecular formula is C5H11O2P. The van der Waals surface area contributed by atoms with Gasteiger partial charge < -0.3 is 9.84 Å². The van der Waals surface area contributed by atoms with Gasteiger partial charge in [0.05, 0.1) is 12.1 Å². The van der Waals surface area contributed by atoms with E-state index in [0.717, 1.165) is 11.7 Å². The molecule has 0 aromatic carbocycles. The van der Waals surface area contributed by atoms with Crippen LogP contribution in [0.3, 0.4) is 0 Å². The van der Waals surface area contributed by atoms with Gasteiger partial charge in [-0.2, -0.15) is 0 Å². The van der Waals surface area contributed by atoms with E-state index in [4.69, 9.17) is 0 Å². The monoisotopic (exact) mass is 134 g/mol. The van der Waals surface area contributed by atoms with Crippen molar-refractivity contribution >= 4 is 9.24 Å². The lowest BCUT2D eigenvalue weighted by molar-refractivity contribution is -0.355. The number of hydrogen-bond acceptors (Lipinski definition) is 2. The van der Waals surface area contributed by atoms with Crippen molar-refractivity contribution in [1.82, 2.24) is 0 Å². The maximum Gasteiger partial charge on any atom is 0.0751 e. The minimum absolute atomic E-state index is 0.194. The average Bonchev–Trinajstić information content (AvgIpc) is 1.84. The second kappa shape index (κ2) is 3.73. The van der Waals surface area contributed by atoms with Gasteiger partial charge in [0.1, 0.15) is 0 Å². The molecule has 0 bridgehead atoms. The molecule has 0 aromatic rings. The first-order valence-corrected chi connectivity index (χ1v) is 3.42. The molecule has 0 N–H and O–H groups in total. The molecule has 0 radical (unpaired) electrons. The minimum atomic E-state index is -0.194. The molecule has 0 heterocycles. The molecule has 0 aliphatic carbocycles. The molecule has 0 amide bonds. The number of hydrogen-bond donors (Lipinski definition) is 0. The second-order valence-corrected chi connectivity index (χ2v) is 2.02. The molecule has 8 heavy (non-hydrogen) atoms. The Bertz CT molecular complexity index is 86.6. The van der Waals surface area contributed by atoms with Gasteiger partial charge in [-0.15, -0.1) is 0 Å². The average molecular weight is 134 g/mol. The Morgan fingerprint density at radius 3 is 2.38 bits per heavy atom. The van der Waals surface area contributed by atoms with Crippen molar-refractivity contribution in [2.24, 2.45) is 0 Å². The first kappa shape index (κ1) is 7.77. The van der Waals surface area contributed by atoms with Crippen LogP contribution >= 0.6 is 9.24 Å². The third kappa shape index (κ3) is 2.17. The van der Waals surface area contributed by atoms with Gasteiger partial charge in [-0.05, 0) is 28.8 Å². The number of methoxy groups -OCH3 is 1. The van der Waals surface area contributed by atoms with Gasteiger partial charge in [0, 0.05) is 0 Å². The number of rotatable bonds is 2. The molecule has 1 atom stereocenters. The predicted octanol–water partition coefficient (Wildman–Crippen LogP) is -0.168. The van der Waals surface area contributed by atoms with E-state index < -0.39 is 0 Å². The van der Waals surface area contributed by atoms with Crippen molar-refractivity contribution in [2.75, 3.05) is 13.3 Å². The van der Waals surface area contributed by atoms with Crippen LogP contribution in [0.15, 0.2) is 11.5 Å². The second-order valence-electron chi connectivity index (χ2n) is 1.52. The topological polar surface area (TPSA) is 32.3 Å². The van der Waals surface area contributed by atoms with Crippen LogP contribution in [0.4, 0.5) is 0 Å². The summed E-state index contributed by atoms with van der Waals surface area (Å²) in [6.45, 7) is 1.78. The Kier molecular flexibility index (Phi) is 3.63. The summed E-state index contributed by atoms with van der Waals surface area (Å²) in [6.07, 6.45) is 0.798. The summed E-state index contributed by atoms with van der Waals surface area (Å²) in [7, 11) is 3.14. The van der Waals surface area contributed by atoms with E-state index in [2.05, 4.69) is 4.74 Å². The van der Waals surface area contributed by atoms with E-state index in [1.165, 1.54) is 7.11 Å². The Morgan fingerprint density at radius 2 is 2.25 bits per heavy atom. The fraction of sp³-hybridized carbons (Fsp3) is 0.600. The van der Waals surface area contributed by atoms with Gasteiger partial charge in [-0.1, -0.05) is 0 Å². The van der Waals surface area contributed by atoms with Crippen LogP contribution in [0.2, 0.25) is 0 Å². The van der Waals surface area contributed by atoms with Crippen molar-refractivity contribution in [2.45, 2.75) is 6.92 Å². The molecule has 0 saturated heterocycles. The predicted molar refractivity (Wildman–Crippen MR) is 35.7 cm³/mol. The summed E-state index contributed by atoms with van der Waals surface area (Å²) in [5.41, 5.74) is 0.783. The molecule has 0 aliphatic rings. The molecule has 0 spiro atoms. The Hall–Kier alpha value is -0.230. The molecule has 1 unspecified atom stereocenters. The summed E-state index contributed by atoms with van der Waals surface area (Å²) in [6, 6.07) is 0. The van der Waals surface area contributed by atoms with Crippen LogP contribution in [-0.4, -0.2) is 13.3 Å². The summed E-state index contributed by atoms with van der Waals surface area (Å²) < 4.78 is 4.43. The number of allylic oxidation sites excluding steroid dienone is 1. The zero-order valence-electron chi connectivity index (χ0n) is 5.23. The Morgan fingerprint density at radius 1 is 1.75 bits per heavy atom. The number of ether oxygens (including phenoxy) is 1. The molecule has 0 rings (SSSR count). The molecular weight excluding hydrogens is 123 g/mol. The van der Waals surface area contributed by atoms with Crippen molar-refractivity contribution in [1.29, 1.82) is 0 Å². The van der Waals surface area contributed by atoms with Gasteiger partial charge in [-0.25, -0.2) is 0 Å². The first-order chi connectivity index (χ1) is 3.72. The fourth-order valence-corrected chi connectivity index (χ4v) is 0.480. The molecule has 0 fully saturated rings. The van der Waals surface area contributed by atoms with Crippen molar-refractivity contribution in [3.8, 4) is 0 Å². The third-order valence-electron chi connectivity index (χ3n) is 0.909. The van der Waals surface area contributed by atoms with Crippen LogP contribution in [0.1, 0.15) is 6.92 Å². The zero-order valence-corrected chi connectivity index (χ0v) is 6.64. The third-order valence-corrected chi connectivity index (χ3v) is 1.66. The minimum Gasteiger partial charge on any atom is -0.616 e. The molecule has 48 valence electrons. The summed E-state index contributed by atoms with van der Waals surface area (Å²) in [5.74, 6) is -0.194. The van der Waals surface area contributed by atoms with E-state index in [1.807, 2.05) is 0 Å². The Labute approximate surface area is 51.7 Å². The van der Waals surface area contributed by atoms with Crippen LogP contribution < -0.4 is 5.11 Å². The molecule has 0 saturated carbocycles. The van der Waals surface area contributed by atoms with E-state index >= 15 is 0 Å². The van der Waals surface area contributed by atoms with Crippen molar-refractivity contribution in [3.05, 3.63) is 11.5 Å². The fourth-order valence-electron chi connectivity index (χ4n) is 0.276. The van der Waals surface area contributed by atoms with E-state index in [1.54, 1.807) is 16.2 Å². The van der Waals surface area contributed by atoms with Gasteiger partial charge in [-0.3, -0.25) is 0 Å². The molecule has 2 nitrogen and oxygen atoms in total. The highest BCUT2D eigenvalue weighted by molar-refractivity contribution is 7.16. The van der Waals surface area contributed by atoms with Gasteiger partial charge >= 0.3 is 0 Å². The zero-order chi connectivity index (χ0) is 6.57. The molecule has 0 aromatic heterocycles. The normalized spacial score (nSPS) is 13.2. The van der Waals surface area contributed by atoms with Crippen LogP contribution in [0.25, 0.3) is 0 Å². The van der Waals surface area contributed by atoms with Gasteiger partial charge in [0.2, 0.25) is 0 Å². The SMILES string of the molecule is CO/C([O-])=C(/C)C[PH3+]. The Balaban J connectivity index is 3.83. The maximum atomic E-state index is 10.5. The van der Waals surface area contributed by atoms with Crippen LogP contribution in [0.5, 0.6) is 0 Å².